The van der Waals surface area contributed by atoms with Crippen molar-refractivity contribution < 1.29 is 53.4 Å². The summed E-state index contributed by atoms with van der Waals surface area (Å²) in [5.41, 5.74) is 29.7. The normalized spacial score (nSPS) is 22.8. The molecule has 0 aliphatic carbocycles. The topological polar surface area (TPSA) is 424 Å². The Balaban J connectivity index is 2.80. The smallest absolute Gasteiger partial charge is 0.245 e. The summed E-state index contributed by atoms with van der Waals surface area (Å²) < 4.78 is 0. The monoisotopic (exact) mass is 1100 g/mol. The first kappa shape index (κ1) is 68.3. The van der Waals surface area contributed by atoms with Gasteiger partial charge in [-0.15, -0.1) is 0 Å². The number of amides is 9. The van der Waals surface area contributed by atoms with E-state index in [0.29, 0.717) is 63.5 Å². The number of nitrogens with zero attached hydrogens (tertiary/aromatic N) is 1. The summed E-state index contributed by atoms with van der Waals surface area (Å²) in [5.74, 6) is -6.90. The number of carbonyl (C=O) groups is 9. The Labute approximate surface area is 459 Å². The lowest BCUT2D eigenvalue weighted by Gasteiger charge is -2.30. The molecule has 25 nitrogen and oxygen atoms in total. The molecule has 0 unspecified atom stereocenters. The van der Waals surface area contributed by atoms with Gasteiger partial charge in [-0.3, -0.25) is 43.2 Å². The van der Waals surface area contributed by atoms with Crippen molar-refractivity contribution in [3.63, 3.8) is 0 Å². The van der Waals surface area contributed by atoms with Crippen molar-refractivity contribution in [3.05, 3.63) is 35.9 Å². The number of nitrogens with two attached hydrogens (primary N) is 5. The summed E-state index contributed by atoms with van der Waals surface area (Å²) >= 11 is 0. The van der Waals surface area contributed by atoms with Gasteiger partial charge in [0.25, 0.3) is 0 Å². The highest BCUT2D eigenvalue weighted by Gasteiger charge is 2.36. The number of unbranched alkanes of at least 4 members (excludes halogenated alkanes) is 4. The van der Waals surface area contributed by atoms with Crippen molar-refractivity contribution in [2.45, 2.75) is 191 Å². The maximum Gasteiger partial charge on any atom is 0.245 e. The average molecular weight is 1100 g/mol. The van der Waals surface area contributed by atoms with Crippen LogP contribution in [0.5, 0.6) is 0 Å². The molecule has 2 rings (SSSR count). The molecule has 0 spiro atoms. The van der Waals surface area contributed by atoms with Crippen LogP contribution in [0.1, 0.15) is 130 Å². The molecule has 78 heavy (non-hydrogen) atoms. The second-order valence-electron chi connectivity index (χ2n) is 20.6. The van der Waals surface area contributed by atoms with Crippen molar-refractivity contribution in [2.24, 2.45) is 34.6 Å². The van der Waals surface area contributed by atoms with E-state index >= 15 is 0 Å². The van der Waals surface area contributed by atoms with Crippen molar-refractivity contribution in [1.82, 2.24) is 47.4 Å². The molecule has 0 radical (unpaired) electrons. The van der Waals surface area contributed by atoms with Gasteiger partial charge in [0.15, 0.2) is 0 Å². The van der Waals surface area contributed by atoms with Crippen molar-refractivity contribution in [2.75, 3.05) is 45.8 Å². The van der Waals surface area contributed by atoms with Crippen LogP contribution in [0.15, 0.2) is 30.3 Å². The van der Waals surface area contributed by atoms with Gasteiger partial charge in [-0.2, -0.15) is 0 Å². The van der Waals surface area contributed by atoms with E-state index in [2.05, 4.69) is 42.5 Å². The third-order valence-electron chi connectivity index (χ3n) is 13.3. The second-order valence-corrected chi connectivity index (χ2v) is 20.6. The van der Waals surface area contributed by atoms with E-state index in [1.165, 1.54) is 18.7 Å². The third-order valence-corrected chi connectivity index (χ3v) is 13.3. The van der Waals surface area contributed by atoms with Gasteiger partial charge in [0, 0.05) is 19.5 Å². The molecular weight excluding hydrogens is 1010 g/mol. The predicted octanol–water partition coefficient (Wildman–Crippen LogP) is -2.99. The van der Waals surface area contributed by atoms with Crippen molar-refractivity contribution in [1.29, 1.82) is 0 Å². The van der Waals surface area contributed by atoms with E-state index in [1.807, 2.05) is 13.8 Å². The SMILES string of the molecule is CC(C)C[C@@H]1NC(=O)[C@@H](Cc2ccccc2)NC(=O)[C@H](CCCCN)NC(=O)CN(C(=O)[C@H](CCCCN)NC(=O)[C@@H](N)[C@@H](C)O)CCCCNC(=O)[C@@H]([C@H](C)O)NC(=O)[C@H](CCCCN)NC(=O)[C@H](CCCCN)NC1=O. The highest BCUT2D eigenvalue weighted by molar-refractivity contribution is 5.98. The lowest BCUT2D eigenvalue weighted by molar-refractivity contribution is -0.141. The quantitative estimate of drug-likeness (QED) is 0.0434. The molecule has 0 bridgehead atoms. The van der Waals surface area contributed by atoms with Crippen LogP contribution in [0.3, 0.4) is 0 Å². The van der Waals surface area contributed by atoms with E-state index in [4.69, 9.17) is 28.7 Å². The van der Waals surface area contributed by atoms with Gasteiger partial charge < -0.3 is 86.3 Å². The van der Waals surface area contributed by atoms with Gasteiger partial charge in [-0.25, -0.2) is 0 Å². The molecule has 1 aliphatic heterocycles. The first-order chi connectivity index (χ1) is 37.2. The number of hydrogen-bond acceptors (Lipinski definition) is 16. The van der Waals surface area contributed by atoms with Crippen LogP contribution in [-0.4, -0.2) is 175 Å². The molecule has 0 saturated carbocycles. The Morgan fingerprint density at radius 1 is 0.615 bits per heavy atom. The van der Waals surface area contributed by atoms with Crippen molar-refractivity contribution >= 4 is 53.2 Å². The number of aliphatic hydroxyl groups is 2. The molecule has 1 heterocycles. The summed E-state index contributed by atoms with van der Waals surface area (Å²) in [6, 6.07) is -1.52. The molecule has 442 valence electrons. The number of nitrogens with one attached hydrogen (secondary N) is 8. The van der Waals surface area contributed by atoms with Crippen LogP contribution in [0.25, 0.3) is 0 Å². The Morgan fingerprint density at radius 2 is 1.09 bits per heavy atom. The molecule has 10 atom stereocenters. The number of hydrogen-bond donors (Lipinski definition) is 15. The van der Waals surface area contributed by atoms with Gasteiger partial charge in [0.2, 0.25) is 53.2 Å². The molecule has 1 aromatic rings. The standard InChI is InChI=1S/C53H94N14O11/c1-33(2)30-41-49(74)62-38(21-9-13-25-55)47(72)61-39(22-10-14-26-56)48(73)66-45(35(4)69)52(77)59-28-16-17-29-67(53(78)40(23-11-15-27-57)63-51(76)44(58)34(3)68)32-43(70)60-37(20-8-12-24-54)46(71)65-42(50(75)64-41)31-36-18-6-5-7-19-36/h5-7,18-19,33-35,37-42,44-45,68-69H,8-17,20-32,54-58H2,1-4H3,(H,59,77)(H,60,70)(H,61,72)(H,62,74)(H,63,76)(H,64,75)(H,65,71)(H,66,73)/t34-,35+,37+,38+,39+,40+,41+,42-,44+,45-/m1/s1. The van der Waals surface area contributed by atoms with E-state index in [9.17, 15) is 53.4 Å². The zero-order valence-electron chi connectivity index (χ0n) is 46.4. The summed E-state index contributed by atoms with van der Waals surface area (Å²) in [7, 11) is 0. The molecule has 20 N–H and O–H groups in total. The Kier molecular flexibility index (Phi) is 33.2. The fraction of sp³-hybridized carbons (Fsp3) is 0.717. The van der Waals surface area contributed by atoms with E-state index in [1.54, 1.807) is 30.3 Å². The van der Waals surface area contributed by atoms with Crippen LogP contribution >= 0.6 is 0 Å². The molecule has 1 aliphatic rings. The van der Waals surface area contributed by atoms with Crippen molar-refractivity contribution in [3.8, 4) is 0 Å². The summed E-state index contributed by atoms with van der Waals surface area (Å²) in [6.07, 6.45) is 1.65. The number of rotatable bonds is 25. The minimum Gasteiger partial charge on any atom is -0.391 e. The highest BCUT2D eigenvalue weighted by Crippen LogP contribution is 2.14. The molecule has 0 aromatic heterocycles. The second kappa shape index (κ2) is 37.9. The maximum atomic E-state index is 14.6. The zero-order valence-corrected chi connectivity index (χ0v) is 46.4. The van der Waals surface area contributed by atoms with Gasteiger partial charge in [0.1, 0.15) is 48.3 Å². The van der Waals surface area contributed by atoms with Gasteiger partial charge in [-0.05, 0) is 148 Å². The minimum atomic E-state index is -1.49. The predicted molar refractivity (Wildman–Crippen MR) is 295 cm³/mol. The summed E-state index contributed by atoms with van der Waals surface area (Å²) in [5, 5.41) is 42.6. The first-order valence-corrected chi connectivity index (χ1v) is 27.8. The van der Waals surface area contributed by atoms with Crippen LogP contribution in [-0.2, 0) is 49.6 Å². The fourth-order valence-electron chi connectivity index (χ4n) is 8.68. The Morgan fingerprint density at radius 3 is 1.60 bits per heavy atom. The number of aliphatic hydroxyl groups excluding tert-OH is 2. The average Bonchev–Trinajstić information content (AvgIpc) is 3.39. The lowest BCUT2D eigenvalue weighted by atomic mass is 9.99. The zero-order chi connectivity index (χ0) is 58.2. The summed E-state index contributed by atoms with van der Waals surface area (Å²) in [4.78, 5) is 129. The van der Waals surface area contributed by atoms with Crippen LogP contribution in [0.2, 0.25) is 0 Å². The maximum absolute atomic E-state index is 14.6. The lowest BCUT2D eigenvalue weighted by Crippen LogP contribution is -2.61. The summed E-state index contributed by atoms with van der Waals surface area (Å²) in [6.45, 7) is 6.72. The Bertz CT molecular complexity index is 2020. The van der Waals surface area contributed by atoms with Crippen LogP contribution in [0, 0.1) is 5.92 Å². The van der Waals surface area contributed by atoms with E-state index < -0.39 is 120 Å². The number of benzene rings is 1. The van der Waals surface area contributed by atoms with Crippen LogP contribution in [0.4, 0.5) is 0 Å². The minimum absolute atomic E-state index is 0.0220. The largest absolute Gasteiger partial charge is 0.391 e. The molecule has 1 aromatic carbocycles. The van der Waals surface area contributed by atoms with E-state index in [0.717, 1.165) is 0 Å². The molecule has 1 saturated heterocycles. The van der Waals surface area contributed by atoms with Crippen LogP contribution < -0.4 is 71.2 Å². The van der Waals surface area contributed by atoms with Gasteiger partial charge >= 0.3 is 0 Å². The van der Waals surface area contributed by atoms with Gasteiger partial charge in [-0.1, -0.05) is 44.2 Å². The first-order valence-electron chi connectivity index (χ1n) is 27.8. The Hall–Kier alpha value is -5.83. The number of carbonyl (C=O) groups excluding carboxylic acids is 9. The molecular formula is C53H94N14O11. The van der Waals surface area contributed by atoms with Gasteiger partial charge in [0.05, 0.1) is 18.8 Å². The fourth-order valence-corrected chi connectivity index (χ4v) is 8.68. The molecule has 25 heteroatoms. The highest BCUT2D eigenvalue weighted by atomic mass is 16.3. The molecule has 9 amide bonds. The molecule has 1 fully saturated rings. The van der Waals surface area contributed by atoms with E-state index in [-0.39, 0.29) is 90.0 Å². The third kappa shape index (κ3) is 25.8.